The summed E-state index contributed by atoms with van der Waals surface area (Å²) in [7, 11) is 0. The van der Waals surface area contributed by atoms with Crippen LogP contribution < -0.4 is 0 Å². The van der Waals surface area contributed by atoms with Gasteiger partial charge < -0.3 is 18.3 Å². The van der Waals surface area contributed by atoms with Gasteiger partial charge in [-0.3, -0.25) is 0 Å². The minimum atomic E-state index is 1.14. The Morgan fingerprint density at radius 1 is 0.260 bits per heavy atom. The molecule has 0 aliphatic carbocycles. The highest BCUT2D eigenvalue weighted by Crippen LogP contribution is 2.40. The van der Waals surface area contributed by atoms with Crippen molar-refractivity contribution >= 4 is 65.4 Å². The average Bonchev–Trinajstić information content (AvgIpc) is 3.96. The van der Waals surface area contributed by atoms with Crippen molar-refractivity contribution in [2.75, 3.05) is 0 Å². The smallest absolute Gasteiger partial charge is 0.0548 e. The Hall–Kier alpha value is -6.78. The van der Waals surface area contributed by atoms with Crippen molar-refractivity contribution in [2.24, 2.45) is 0 Å². The van der Waals surface area contributed by atoms with Crippen molar-refractivity contribution in [1.29, 1.82) is 0 Å². The monoisotopic (exact) mass is 638 g/mol. The quantitative estimate of drug-likeness (QED) is 0.183. The molecule has 11 rings (SSSR count). The molecule has 234 valence electrons. The number of nitrogens with zero attached hydrogens (tertiary/aromatic N) is 4. The summed E-state index contributed by atoms with van der Waals surface area (Å²) in [6, 6.07) is 61.4. The van der Waals surface area contributed by atoms with Crippen LogP contribution in [-0.2, 0) is 0 Å². The second-order valence-corrected chi connectivity index (χ2v) is 13.1. The Labute approximate surface area is 287 Å². The molecule has 7 aromatic carbocycles. The van der Waals surface area contributed by atoms with Gasteiger partial charge in [-0.05, 0) is 91.0 Å². The lowest BCUT2D eigenvalue weighted by Crippen LogP contribution is -1.98. The van der Waals surface area contributed by atoms with Crippen LogP contribution in [0.25, 0.3) is 88.2 Å². The molecular formula is C46H30N4. The molecule has 0 spiro atoms. The lowest BCUT2D eigenvalue weighted by Gasteiger charge is -2.13. The van der Waals surface area contributed by atoms with E-state index in [1.54, 1.807) is 0 Å². The maximum Gasteiger partial charge on any atom is 0.0548 e. The van der Waals surface area contributed by atoms with Crippen LogP contribution in [0.3, 0.4) is 0 Å². The first-order valence-corrected chi connectivity index (χ1v) is 17.1. The number of rotatable bonds is 4. The number of fused-ring (bicyclic) bond motifs is 10. The fourth-order valence-electron chi connectivity index (χ4n) is 8.32. The zero-order valence-electron chi connectivity index (χ0n) is 27.1. The topological polar surface area (TPSA) is 19.7 Å². The van der Waals surface area contributed by atoms with Gasteiger partial charge in [0.05, 0.1) is 33.1 Å². The van der Waals surface area contributed by atoms with Gasteiger partial charge in [0.2, 0.25) is 0 Å². The molecule has 0 bridgehead atoms. The third-order valence-electron chi connectivity index (χ3n) is 10.4. The number of hydrogen-bond acceptors (Lipinski definition) is 0. The van der Waals surface area contributed by atoms with E-state index in [9.17, 15) is 0 Å². The highest BCUT2D eigenvalue weighted by molar-refractivity contribution is 6.22. The van der Waals surface area contributed by atoms with E-state index in [0.717, 1.165) is 11.4 Å². The Balaban J connectivity index is 1.14. The summed E-state index contributed by atoms with van der Waals surface area (Å²) in [5.41, 5.74) is 11.8. The highest BCUT2D eigenvalue weighted by atomic mass is 15.0. The van der Waals surface area contributed by atoms with Gasteiger partial charge in [0.25, 0.3) is 0 Å². The minimum absolute atomic E-state index is 1.14. The molecule has 4 nitrogen and oxygen atoms in total. The molecule has 0 fully saturated rings. The van der Waals surface area contributed by atoms with E-state index in [4.69, 9.17) is 0 Å². The van der Waals surface area contributed by atoms with E-state index in [-0.39, 0.29) is 0 Å². The number of hydrogen-bond donors (Lipinski definition) is 0. The molecular weight excluding hydrogens is 609 g/mol. The van der Waals surface area contributed by atoms with Crippen LogP contribution >= 0.6 is 0 Å². The van der Waals surface area contributed by atoms with Crippen molar-refractivity contribution in [2.45, 2.75) is 0 Å². The number of aromatic nitrogens is 4. The Morgan fingerprint density at radius 2 is 0.640 bits per heavy atom. The molecule has 0 unspecified atom stereocenters. The molecule has 0 radical (unpaired) electrons. The highest BCUT2D eigenvalue weighted by Gasteiger charge is 2.19. The summed E-state index contributed by atoms with van der Waals surface area (Å²) >= 11 is 0. The lowest BCUT2D eigenvalue weighted by molar-refractivity contribution is 1.12. The van der Waals surface area contributed by atoms with Gasteiger partial charge in [-0.25, -0.2) is 0 Å². The van der Waals surface area contributed by atoms with E-state index in [1.807, 2.05) is 0 Å². The standard InChI is InChI=1S/C46H30N4/c1-3-12-31(13-4-1)47-28-26-37-39(47)22-24-43-45(37)35-18-7-9-20-41(35)49(43)33-16-11-17-34(30-33)50-42-21-10-8-19-36(42)46-38-27-29-48(32-14-5-2-6-15-32)40(38)23-25-44(46)50/h1-30H. The first-order valence-electron chi connectivity index (χ1n) is 17.1. The number of para-hydroxylation sites is 4. The zero-order chi connectivity index (χ0) is 32.8. The fourth-order valence-corrected chi connectivity index (χ4v) is 8.32. The SMILES string of the molecule is c1ccc(-n2ccc3c4c5ccccc5n(-c5cccc(-n6c7ccccc7c7c8ccn(-c9ccccc9)c8ccc76)c5)c4ccc32)cc1. The summed E-state index contributed by atoms with van der Waals surface area (Å²) in [4.78, 5) is 0. The molecule has 0 aliphatic heterocycles. The summed E-state index contributed by atoms with van der Waals surface area (Å²) < 4.78 is 9.43. The predicted molar refractivity (Wildman–Crippen MR) is 209 cm³/mol. The summed E-state index contributed by atoms with van der Waals surface area (Å²) in [5, 5.41) is 7.58. The second kappa shape index (κ2) is 10.4. The molecule has 0 amide bonds. The lowest BCUT2D eigenvalue weighted by atomic mass is 10.1. The van der Waals surface area contributed by atoms with Gasteiger partial charge in [0.15, 0.2) is 0 Å². The van der Waals surface area contributed by atoms with Crippen molar-refractivity contribution < 1.29 is 0 Å². The molecule has 4 heterocycles. The third kappa shape index (κ3) is 3.76. The Bertz CT molecular complexity index is 2870. The van der Waals surface area contributed by atoms with Crippen molar-refractivity contribution in [3.8, 4) is 22.7 Å². The largest absolute Gasteiger partial charge is 0.317 e. The Morgan fingerprint density at radius 3 is 1.12 bits per heavy atom. The van der Waals surface area contributed by atoms with Gasteiger partial charge in [0.1, 0.15) is 0 Å². The van der Waals surface area contributed by atoms with E-state index in [0.29, 0.717) is 0 Å². The van der Waals surface area contributed by atoms with E-state index >= 15 is 0 Å². The van der Waals surface area contributed by atoms with E-state index in [1.165, 1.54) is 76.8 Å². The normalized spacial score (nSPS) is 12.0. The molecule has 4 heteroatoms. The van der Waals surface area contributed by atoms with Crippen LogP contribution in [0.15, 0.2) is 182 Å². The summed E-state index contributed by atoms with van der Waals surface area (Å²) in [5.74, 6) is 0. The molecule has 11 aromatic rings. The van der Waals surface area contributed by atoms with E-state index < -0.39 is 0 Å². The molecule has 4 aromatic heterocycles. The first-order chi connectivity index (χ1) is 24.8. The fraction of sp³-hybridized carbons (Fsp3) is 0. The van der Waals surface area contributed by atoms with Crippen LogP contribution in [0.2, 0.25) is 0 Å². The molecule has 0 aliphatic rings. The molecule has 0 saturated carbocycles. The third-order valence-corrected chi connectivity index (χ3v) is 10.4. The van der Waals surface area contributed by atoms with Crippen molar-refractivity contribution in [1.82, 2.24) is 18.3 Å². The van der Waals surface area contributed by atoms with Crippen LogP contribution in [0, 0.1) is 0 Å². The van der Waals surface area contributed by atoms with E-state index in [2.05, 4.69) is 201 Å². The maximum absolute atomic E-state index is 2.43. The van der Waals surface area contributed by atoms with Gasteiger partial charge >= 0.3 is 0 Å². The van der Waals surface area contributed by atoms with Gasteiger partial charge in [0, 0.05) is 67.5 Å². The minimum Gasteiger partial charge on any atom is -0.317 e. The summed E-state index contributed by atoms with van der Waals surface area (Å²) in [6.07, 6.45) is 4.39. The van der Waals surface area contributed by atoms with Crippen LogP contribution in [-0.4, -0.2) is 18.3 Å². The molecule has 0 saturated heterocycles. The van der Waals surface area contributed by atoms with Crippen LogP contribution in [0.5, 0.6) is 0 Å². The first kappa shape index (κ1) is 27.2. The maximum atomic E-state index is 2.43. The van der Waals surface area contributed by atoms with Crippen molar-refractivity contribution in [3.63, 3.8) is 0 Å². The molecule has 50 heavy (non-hydrogen) atoms. The van der Waals surface area contributed by atoms with Crippen LogP contribution in [0.4, 0.5) is 0 Å². The van der Waals surface area contributed by atoms with Gasteiger partial charge in [-0.2, -0.15) is 0 Å². The molecule has 0 N–H and O–H groups in total. The summed E-state index contributed by atoms with van der Waals surface area (Å²) in [6.45, 7) is 0. The van der Waals surface area contributed by atoms with Crippen LogP contribution in [0.1, 0.15) is 0 Å². The average molecular weight is 639 g/mol. The zero-order valence-corrected chi connectivity index (χ0v) is 27.1. The number of benzene rings is 7. The Kier molecular flexibility index (Phi) is 5.63. The predicted octanol–water partition coefficient (Wildman–Crippen LogP) is 11.8. The van der Waals surface area contributed by atoms with Gasteiger partial charge in [-0.1, -0.05) is 78.9 Å². The second-order valence-electron chi connectivity index (χ2n) is 13.1. The van der Waals surface area contributed by atoms with Crippen molar-refractivity contribution in [3.05, 3.63) is 182 Å². The van der Waals surface area contributed by atoms with Gasteiger partial charge in [-0.15, -0.1) is 0 Å². The molecule has 0 atom stereocenters.